The van der Waals surface area contributed by atoms with Crippen LogP contribution in [0, 0.1) is 19.8 Å². The SMILES string of the molecule is CNC(Cc1c(C)cccc1C)C1CCCC1. The molecule has 1 aliphatic carbocycles. The lowest BCUT2D eigenvalue weighted by molar-refractivity contribution is 0.376. The Morgan fingerprint density at radius 3 is 2.29 bits per heavy atom. The fourth-order valence-electron chi connectivity index (χ4n) is 3.26. The Morgan fingerprint density at radius 2 is 1.76 bits per heavy atom. The second-order valence-electron chi connectivity index (χ2n) is 5.51. The minimum atomic E-state index is 0.664. The molecule has 1 fully saturated rings. The third kappa shape index (κ3) is 2.90. The normalized spacial score (nSPS) is 18.5. The molecule has 0 aromatic heterocycles. The van der Waals surface area contributed by atoms with Crippen LogP contribution in [0.2, 0.25) is 0 Å². The molecule has 0 heterocycles. The smallest absolute Gasteiger partial charge is 0.0133 e. The Balaban J connectivity index is 2.12. The Bertz CT molecular complexity index is 344. The number of nitrogens with one attached hydrogen (secondary N) is 1. The Morgan fingerprint density at radius 1 is 1.18 bits per heavy atom. The van der Waals surface area contributed by atoms with Crippen molar-refractivity contribution < 1.29 is 0 Å². The molecule has 0 bridgehead atoms. The minimum absolute atomic E-state index is 0.664. The molecular formula is C16H25N. The first-order chi connectivity index (χ1) is 8.22. The number of hydrogen-bond acceptors (Lipinski definition) is 1. The van der Waals surface area contributed by atoms with Gasteiger partial charge in [-0.1, -0.05) is 31.0 Å². The van der Waals surface area contributed by atoms with E-state index in [1.54, 1.807) is 5.56 Å². The molecule has 0 amide bonds. The van der Waals surface area contributed by atoms with Gasteiger partial charge in [0.2, 0.25) is 0 Å². The average Bonchev–Trinajstić information content (AvgIpc) is 2.82. The molecule has 1 aromatic rings. The number of benzene rings is 1. The van der Waals surface area contributed by atoms with E-state index in [4.69, 9.17) is 0 Å². The van der Waals surface area contributed by atoms with E-state index in [-0.39, 0.29) is 0 Å². The van der Waals surface area contributed by atoms with E-state index in [1.807, 2.05) is 0 Å². The van der Waals surface area contributed by atoms with E-state index in [9.17, 15) is 0 Å². The van der Waals surface area contributed by atoms with Crippen molar-refractivity contribution in [2.75, 3.05) is 7.05 Å². The van der Waals surface area contributed by atoms with Crippen LogP contribution in [-0.2, 0) is 6.42 Å². The molecule has 0 spiro atoms. The van der Waals surface area contributed by atoms with Gasteiger partial charge in [-0.2, -0.15) is 0 Å². The molecule has 94 valence electrons. The Hall–Kier alpha value is -0.820. The van der Waals surface area contributed by atoms with Crippen molar-refractivity contribution in [3.05, 3.63) is 34.9 Å². The predicted molar refractivity (Wildman–Crippen MR) is 74.4 cm³/mol. The molecule has 2 rings (SSSR count). The van der Waals surface area contributed by atoms with Crippen LogP contribution in [0.3, 0.4) is 0 Å². The first-order valence-electron chi connectivity index (χ1n) is 6.94. The lowest BCUT2D eigenvalue weighted by Crippen LogP contribution is -2.34. The highest BCUT2D eigenvalue weighted by atomic mass is 14.9. The summed E-state index contributed by atoms with van der Waals surface area (Å²) >= 11 is 0. The fraction of sp³-hybridized carbons (Fsp3) is 0.625. The Labute approximate surface area is 106 Å². The molecule has 0 saturated heterocycles. The summed E-state index contributed by atoms with van der Waals surface area (Å²) in [5.41, 5.74) is 4.45. The van der Waals surface area contributed by atoms with Gasteiger partial charge in [0, 0.05) is 6.04 Å². The topological polar surface area (TPSA) is 12.0 Å². The second-order valence-corrected chi connectivity index (χ2v) is 5.51. The maximum absolute atomic E-state index is 3.55. The second kappa shape index (κ2) is 5.68. The molecule has 1 aromatic carbocycles. The summed E-state index contributed by atoms with van der Waals surface area (Å²) in [5, 5.41) is 3.55. The number of rotatable bonds is 4. The van der Waals surface area contributed by atoms with E-state index < -0.39 is 0 Å². The molecule has 1 N–H and O–H groups in total. The monoisotopic (exact) mass is 231 g/mol. The minimum Gasteiger partial charge on any atom is -0.316 e. The van der Waals surface area contributed by atoms with Gasteiger partial charge >= 0.3 is 0 Å². The van der Waals surface area contributed by atoms with Gasteiger partial charge in [-0.3, -0.25) is 0 Å². The van der Waals surface area contributed by atoms with E-state index in [2.05, 4.69) is 44.4 Å². The van der Waals surface area contributed by atoms with E-state index in [0.29, 0.717) is 6.04 Å². The lowest BCUT2D eigenvalue weighted by Gasteiger charge is -2.24. The first kappa shape index (κ1) is 12.6. The van der Waals surface area contributed by atoms with Gasteiger partial charge in [-0.25, -0.2) is 0 Å². The zero-order chi connectivity index (χ0) is 12.3. The van der Waals surface area contributed by atoms with Crippen molar-refractivity contribution >= 4 is 0 Å². The maximum atomic E-state index is 3.55. The van der Waals surface area contributed by atoms with Crippen LogP contribution in [0.1, 0.15) is 42.4 Å². The molecule has 0 radical (unpaired) electrons. The maximum Gasteiger partial charge on any atom is 0.0133 e. The van der Waals surface area contributed by atoms with Crippen LogP contribution in [0.4, 0.5) is 0 Å². The Kier molecular flexibility index (Phi) is 4.22. The van der Waals surface area contributed by atoms with Gasteiger partial charge in [0.15, 0.2) is 0 Å². The highest BCUT2D eigenvalue weighted by Crippen LogP contribution is 2.30. The summed E-state index contributed by atoms with van der Waals surface area (Å²) in [4.78, 5) is 0. The third-order valence-electron chi connectivity index (χ3n) is 4.41. The van der Waals surface area contributed by atoms with Gasteiger partial charge in [-0.15, -0.1) is 0 Å². The molecule has 1 heteroatoms. The summed E-state index contributed by atoms with van der Waals surface area (Å²) < 4.78 is 0. The largest absolute Gasteiger partial charge is 0.316 e. The van der Waals surface area contributed by atoms with Crippen LogP contribution in [0.25, 0.3) is 0 Å². The van der Waals surface area contributed by atoms with Crippen LogP contribution in [-0.4, -0.2) is 13.1 Å². The summed E-state index contributed by atoms with van der Waals surface area (Å²) in [7, 11) is 2.12. The molecule has 1 aliphatic rings. The van der Waals surface area contributed by atoms with E-state index >= 15 is 0 Å². The molecule has 17 heavy (non-hydrogen) atoms. The first-order valence-corrected chi connectivity index (χ1v) is 6.94. The number of likely N-dealkylation sites (N-methyl/N-ethyl adjacent to an activating group) is 1. The third-order valence-corrected chi connectivity index (χ3v) is 4.41. The summed E-state index contributed by atoms with van der Waals surface area (Å²) in [6.45, 7) is 4.48. The van der Waals surface area contributed by atoms with Crippen LogP contribution in [0.5, 0.6) is 0 Å². The summed E-state index contributed by atoms with van der Waals surface area (Å²) in [6, 6.07) is 7.31. The van der Waals surface area contributed by atoms with Crippen LogP contribution >= 0.6 is 0 Å². The molecule has 0 aliphatic heterocycles. The average molecular weight is 231 g/mol. The highest BCUT2D eigenvalue weighted by molar-refractivity contribution is 5.34. The molecule has 1 saturated carbocycles. The quantitative estimate of drug-likeness (QED) is 0.834. The van der Waals surface area contributed by atoms with Crippen molar-refractivity contribution in [1.82, 2.24) is 5.32 Å². The molecular weight excluding hydrogens is 206 g/mol. The number of aryl methyl sites for hydroxylation is 2. The van der Waals surface area contributed by atoms with Crippen LogP contribution in [0.15, 0.2) is 18.2 Å². The molecule has 1 atom stereocenters. The van der Waals surface area contributed by atoms with Crippen molar-refractivity contribution in [2.45, 2.75) is 52.0 Å². The predicted octanol–water partition coefficient (Wildman–Crippen LogP) is 3.62. The molecule has 1 nitrogen and oxygen atoms in total. The standard InChI is InChI=1S/C16H25N/c1-12-7-6-8-13(2)15(12)11-16(17-3)14-9-4-5-10-14/h6-8,14,16-17H,4-5,9-11H2,1-3H3. The summed E-state index contributed by atoms with van der Waals surface area (Å²) in [6.07, 6.45) is 6.87. The van der Waals surface area contributed by atoms with Gasteiger partial charge in [0.05, 0.1) is 0 Å². The number of hydrogen-bond donors (Lipinski definition) is 1. The zero-order valence-corrected chi connectivity index (χ0v) is 11.4. The summed E-state index contributed by atoms with van der Waals surface area (Å²) in [5.74, 6) is 0.888. The van der Waals surface area contributed by atoms with Crippen molar-refractivity contribution in [3.8, 4) is 0 Å². The van der Waals surface area contributed by atoms with Gasteiger partial charge < -0.3 is 5.32 Å². The highest BCUT2D eigenvalue weighted by Gasteiger charge is 2.24. The van der Waals surface area contributed by atoms with Gasteiger partial charge in [-0.05, 0) is 62.8 Å². The van der Waals surface area contributed by atoms with Crippen molar-refractivity contribution in [1.29, 1.82) is 0 Å². The van der Waals surface area contributed by atoms with Gasteiger partial charge in [0.1, 0.15) is 0 Å². The van der Waals surface area contributed by atoms with Crippen molar-refractivity contribution in [2.24, 2.45) is 5.92 Å². The van der Waals surface area contributed by atoms with Crippen LogP contribution < -0.4 is 5.32 Å². The van der Waals surface area contributed by atoms with E-state index in [1.165, 1.54) is 43.2 Å². The lowest BCUT2D eigenvalue weighted by atomic mass is 9.89. The fourth-order valence-corrected chi connectivity index (χ4v) is 3.26. The van der Waals surface area contributed by atoms with E-state index in [0.717, 1.165) is 5.92 Å². The zero-order valence-electron chi connectivity index (χ0n) is 11.4. The molecule has 1 unspecified atom stereocenters. The van der Waals surface area contributed by atoms with Crippen molar-refractivity contribution in [3.63, 3.8) is 0 Å². The van der Waals surface area contributed by atoms with Gasteiger partial charge in [0.25, 0.3) is 0 Å².